The van der Waals surface area contributed by atoms with Gasteiger partial charge in [0.1, 0.15) is 0 Å². The first-order valence-corrected chi connectivity index (χ1v) is 6.47. The minimum atomic E-state index is 0.112. The molecule has 0 fully saturated rings. The molecule has 14 heavy (non-hydrogen) atoms. The number of carbonyl (C=O) groups excluding carboxylic acids is 1. The van der Waals surface area contributed by atoms with E-state index in [1.807, 2.05) is 6.92 Å². The third kappa shape index (κ3) is 5.63. The van der Waals surface area contributed by atoms with E-state index >= 15 is 0 Å². The van der Waals surface area contributed by atoms with Crippen LogP contribution in [0.15, 0.2) is 0 Å². The minimum absolute atomic E-state index is 0.112. The number of halogens is 1. The summed E-state index contributed by atoms with van der Waals surface area (Å²) < 4.78 is 0. The van der Waals surface area contributed by atoms with E-state index in [1.165, 1.54) is 0 Å². The lowest BCUT2D eigenvalue weighted by atomic mass is 9.97. The van der Waals surface area contributed by atoms with E-state index in [4.69, 9.17) is 0 Å². The van der Waals surface area contributed by atoms with Gasteiger partial charge in [0.05, 0.1) is 0 Å². The van der Waals surface area contributed by atoms with Gasteiger partial charge in [-0.3, -0.25) is 4.79 Å². The highest BCUT2D eigenvalue weighted by Gasteiger charge is 2.17. The summed E-state index contributed by atoms with van der Waals surface area (Å²) in [6, 6.07) is 0.293. The van der Waals surface area contributed by atoms with Crippen molar-refractivity contribution >= 4 is 21.8 Å². The zero-order valence-corrected chi connectivity index (χ0v) is 11.2. The molecule has 0 aliphatic carbocycles. The molecule has 0 saturated heterocycles. The standard InChI is InChI=1S/C11H22BrNO/c1-8(2)10(4)11(14)13-9(3)6-5-7-12/h8-10H,5-7H2,1-4H3,(H,13,14). The molecule has 0 rings (SSSR count). The van der Waals surface area contributed by atoms with E-state index in [9.17, 15) is 4.79 Å². The molecule has 1 amide bonds. The first kappa shape index (κ1) is 13.9. The second-order valence-corrected chi connectivity index (χ2v) is 5.07. The van der Waals surface area contributed by atoms with Gasteiger partial charge in [0.2, 0.25) is 5.91 Å². The number of amides is 1. The fourth-order valence-electron chi connectivity index (χ4n) is 1.13. The van der Waals surface area contributed by atoms with Gasteiger partial charge in [0.15, 0.2) is 0 Å². The number of alkyl halides is 1. The molecule has 84 valence electrons. The summed E-state index contributed by atoms with van der Waals surface area (Å²) in [5.74, 6) is 0.710. The van der Waals surface area contributed by atoms with Crippen molar-refractivity contribution in [2.75, 3.05) is 5.33 Å². The van der Waals surface area contributed by atoms with Crippen LogP contribution in [0.2, 0.25) is 0 Å². The number of rotatable bonds is 6. The molecule has 2 unspecified atom stereocenters. The Kier molecular flexibility index (Phi) is 7.24. The molecule has 2 nitrogen and oxygen atoms in total. The highest BCUT2D eigenvalue weighted by atomic mass is 79.9. The third-order valence-corrected chi connectivity index (χ3v) is 3.13. The Hall–Kier alpha value is -0.0500. The van der Waals surface area contributed by atoms with Gasteiger partial charge in [0, 0.05) is 17.3 Å². The third-order valence-electron chi connectivity index (χ3n) is 2.57. The molecule has 0 bridgehead atoms. The van der Waals surface area contributed by atoms with Crippen molar-refractivity contribution in [1.29, 1.82) is 0 Å². The highest BCUT2D eigenvalue weighted by molar-refractivity contribution is 9.09. The van der Waals surface area contributed by atoms with E-state index in [0.29, 0.717) is 12.0 Å². The van der Waals surface area contributed by atoms with E-state index in [0.717, 1.165) is 18.2 Å². The average molecular weight is 264 g/mol. The van der Waals surface area contributed by atoms with Gasteiger partial charge in [-0.05, 0) is 25.7 Å². The summed E-state index contributed by atoms with van der Waals surface area (Å²) in [7, 11) is 0. The smallest absolute Gasteiger partial charge is 0.223 e. The van der Waals surface area contributed by atoms with E-state index in [1.54, 1.807) is 0 Å². The maximum absolute atomic E-state index is 11.6. The maximum Gasteiger partial charge on any atom is 0.223 e. The van der Waals surface area contributed by atoms with Gasteiger partial charge in [-0.25, -0.2) is 0 Å². The van der Waals surface area contributed by atoms with E-state index in [2.05, 4.69) is 42.0 Å². The van der Waals surface area contributed by atoms with Crippen LogP contribution in [0.3, 0.4) is 0 Å². The molecule has 0 heterocycles. The molecule has 0 radical (unpaired) electrons. The van der Waals surface area contributed by atoms with Crippen LogP contribution in [0.4, 0.5) is 0 Å². The van der Waals surface area contributed by atoms with Gasteiger partial charge in [0.25, 0.3) is 0 Å². The fraction of sp³-hybridized carbons (Fsp3) is 0.909. The van der Waals surface area contributed by atoms with Crippen LogP contribution >= 0.6 is 15.9 Å². The van der Waals surface area contributed by atoms with Gasteiger partial charge >= 0.3 is 0 Å². The van der Waals surface area contributed by atoms with Gasteiger partial charge in [-0.2, -0.15) is 0 Å². The SMILES string of the molecule is CC(CCCBr)NC(=O)C(C)C(C)C. The molecular weight excluding hydrogens is 242 g/mol. The Morgan fingerprint density at radius 3 is 2.29 bits per heavy atom. The van der Waals surface area contributed by atoms with Crippen molar-refractivity contribution in [3.63, 3.8) is 0 Å². The lowest BCUT2D eigenvalue weighted by Crippen LogP contribution is -2.37. The highest BCUT2D eigenvalue weighted by Crippen LogP contribution is 2.10. The van der Waals surface area contributed by atoms with Crippen LogP contribution in [0.5, 0.6) is 0 Å². The number of hydrogen-bond acceptors (Lipinski definition) is 1. The van der Waals surface area contributed by atoms with Crippen LogP contribution in [-0.2, 0) is 4.79 Å². The monoisotopic (exact) mass is 263 g/mol. The van der Waals surface area contributed by atoms with Crippen molar-refractivity contribution in [3.05, 3.63) is 0 Å². The molecule has 0 aliphatic heterocycles. The van der Waals surface area contributed by atoms with Crippen LogP contribution in [0, 0.1) is 11.8 Å². The van der Waals surface area contributed by atoms with Crippen molar-refractivity contribution in [3.8, 4) is 0 Å². The Balaban J connectivity index is 3.81. The van der Waals surface area contributed by atoms with Crippen molar-refractivity contribution in [2.24, 2.45) is 11.8 Å². The van der Waals surface area contributed by atoms with Gasteiger partial charge in [-0.1, -0.05) is 36.7 Å². The normalized spacial score (nSPS) is 15.3. The summed E-state index contributed by atoms with van der Waals surface area (Å²) in [5, 5.41) is 4.04. The molecular formula is C11H22BrNO. The summed E-state index contributed by atoms with van der Waals surface area (Å²) in [6.07, 6.45) is 2.15. The van der Waals surface area contributed by atoms with Crippen molar-refractivity contribution < 1.29 is 4.79 Å². The van der Waals surface area contributed by atoms with Crippen LogP contribution in [-0.4, -0.2) is 17.3 Å². The molecule has 0 aromatic rings. The van der Waals surface area contributed by atoms with Crippen molar-refractivity contribution in [2.45, 2.75) is 46.6 Å². The Morgan fingerprint density at radius 2 is 1.86 bits per heavy atom. The molecule has 2 atom stereocenters. The predicted octanol–water partition coefficient (Wildman–Crippen LogP) is 2.96. The predicted molar refractivity (Wildman–Crippen MR) is 64.6 cm³/mol. The van der Waals surface area contributed by atoms with E-state index < -0.39 is 0 Å². The van der Waals surface area contributed by atoms with E-state index in [-0.39, 0.29) is 11.8 Å². The summed E-state index contributed by atoms with van der Waals surface area (Å²) >= 11 is 3.38. The quantitative estimate of drug-likeness (QED) is 0.734. The Bertz CT molecular complexity index is 171. The maximum atomic E-state index is 11.6. The molecule has 0 aromatic carbocycles. The summed E-state index contributed by atoms with van der Waals surface area (Å²) in [6.45, 7) is 8.20. The molecule has 0 spiro atoms. The molecule has 0 saturated carbocycles. The van der Waals surface area contributed by atoms with Gasteiger partial charge in [-0.15, -0.1) is 0 Å². The van der Waals surface area contributed by atoms with Crippen LogP contribution in [0.25, 0.3) is 0 Å². The Labute approximate surface area is 96.0 Å². The van der Waals surface area contributed by atoms with Crippen LogP contribution < -0.4 is 5.32 Å². The lowest BCUT2D eigenvalue weighted by Gasteiger charge is -2.19. The first-order valence-electron chi connectivity index (χ1n) is 5.35. The Morgan fingerprint density at radius 1 is 1.29 bits per heavy atom. The fourth-order valence-corrected chi connectivity index (χ4v) is 1.46. The zero-order valence-electron chi connectivity index (χ0n) is 9.64. The lowest BCUT2D eigenvalue weighted by molar-refractivity contribution is -0.126. The molecule has 1 N–H and O–H groups in total. The molecule has 3 heteroatoms. The number of carbonyl (C=O) groups is 1. The second-order valence-electron chi connectivity index (χ2n) is 4.27. The zero-order chi connectivity index (χ0) is 11.1. The minimum Gasteiger partial charge on any atom is -0.353 e. The molecule has 0 aliphatic rings. The average Bonchev–Trinajstić information content (AvgIpc) is 2.13. The number of nitrogens with one attached hydrogen (secondary N) is 1. The summed E-state index contributed by atoms with van der Waals surface area (Å²) in [5.41, 5.74) is 0. The second kappa shape index (κ2) is 7.27. The largest absolute Gasteiger partial charge is 0.353 e. The topological polar surface area (TPSA) is 29.1 Å². The summed E-state index contributed by atoms with van der Waals surface area (Å²) in [4.78, 5) is 11.6. The van der Waals surface area contributed by atoms with Crippen molar-refractivity contribution in [1.82, 2.24) is 5.32 Å². The number of hydrogen-bond donors (Lipinski definition) is 1. The molecule has 0 aromatic heterocycles. The van der Waals surface area contributed by atoms with Gasteiger partial charge < -0.3 is 5.32 Å². The first-order chi connectivity index (χ1) is 6.49. The van der Waals surface area contributed by atoms with Crippen LogP contribution in [0.1, 0.15) is 40.5 Å².